The molecule has 1 saturated heterocycles. The lowest BCUT2D eigenvalue weighted by Gasteiger charge is -2.49. The Labute approximate surface area is 336 Å². The monoisotopic (exact) mass is 821 g/mol. The maximum atomic E-state index is 14.0. The molecule has 18 nitrogen and oxygen atoms in total. The van der Waals surface area contributed by atoms with E-state index in [1.54, 1.807) is 65.4 Å². The number of carbonyl (C=O) groups excluding carboxylic acids is 4. The lowest BCUT2D eigenvalue weighted by Crippen LogP contribution is -2.71. The number of aromatic nitrogens is 5. The van der Waals surface area contributed by atoms with Gasteiger partial charge in [0, 0.05) is 35.4 Å². The number of rotatable bonds is 15. The molecule has 3 aromatic heterocycles. The molecule has 1 fully saturated rings. The molecule has 3 amide bonds. The zero-order chi connectivity index (χ0) is 40.9. The summed E-state index contributed by atoms with van der Waals surface area (Å²) in [6.07, 6.45) is 3.66. The lowest BCUT2D eigenvalue weighted by atomic mass is 10.0. The molecule has 20 heteroatoms. The Morgan fingerprint density at radius 2 is 1.95 bits per heavy atom. The first kappa shape index (κ1) is 41.0. The number of nitrogens with zero attached hydrogens (tertiary/aromatic N) is 7. The number of nitrogens with two attached hydrogens (primary N) is 1. The fraction of sp³-hybridized carbons (Fsp3) is 0.432. The van der Waals surface area contributed by atoms with Gasteiger partial charge in [-0.15, -0.1) is 11.8 Å². The second-order valence-corrected chi connectivity index (χ2v) is 16.1. The standard InChI is InChI=1S/C37H44N10O8S2/c1-7-54-43-26(29-41-35(57-44-29)42-36(51)55-37(3,4)5)31(48)40-27-32(49)47-28(34(50)53-18-22-10-12-24(52-6)13-11-22)23(19-56-33(27)47)17-45-15-8-9-25-30(45)39-20-46(25)16-14-21(2)38/h8-13,15,20-21,27,33H,7,14,16-19,38H2,1-6H3,(H-,40,41,42,44,48,51)/p+1/b43-26-/t21-,27?,33?/m1/s1. The molecular weight excluding hydrogens is 777 g/mol. The molecule has 4 aromatic rings. The van der Waals surface area contributed by atoms with Gasteiger partial charge in [0.25, 0.3) is 11.8 Å². The van der Waals surface area contributed by atoms with Crippen molar-refractivity contribution >= 4 is 69.2 Å². The van der Waals surface area contributed by atoms with Gasteiger partial charge >= 0.3 is 17.7 Å². The first-order chi connectivity index (χ1) is 27.3. The van der Waals surface area contributed by atoms with Crippen LogP contribution in [0.3, 0.4) is 0 Å². The average molecular weight is 822 g/mol. The van der Waals surface area contributed by atoms with Crippen LogP contribution in [-0.2, 0) is 48.4 Å². The minimum absolute atomic E-state index is 0.0262. The number of benzene rings is 1. The van der Waals surface area contributed by atoms with E-state index < -0.39 is 40.9 Å². The van der Waals surface area contributed by atoms with Gasteiger partial charge in [-0.05, 0) is 75.9 Å². The quantitative estimate of drug-likeness (QED) is 0.0517. The molecule has 2 aliphatic heterocycles. The molecule has 0 radical (unpaired) electrons. The van der Waals surface area contributed by atoms with E-state index in [1.807, 2.05) is 34.4 Å². The molecule has 302 valence electrons. The number of fused-ring (bicyclic) bond motifs is 2. The fourth-order valence-electron chi connectivity index (χ4n) is 5.95. The summed E-state index contributed by atoms with van der Waals surface area (Å²) in [5.74, 6) is -1.13. The van der Waals surface area contributed by atoms with Crippen LogP contribution >= 0.6 is 23.3 Å². The Morgan fingerprint density at radius 1 is 1.18 bits per heavy atom. The molecule has 2 aliphatic rings. The van der Waals surface area contributed by atoms with Crippen molar-refractivity contribution in [3.05, 3.63) is 71.6 Å². The van der Waals surface area contributed by atoms with E-state index >= 15 is 0 Å². The number of amides is 3. The maximum absolute atomic E-state index is 14.0. The summed E-state index contributed by atoms with van der Waals surface area (Å²) in [5, 5.41) is 8.55. The van der Waals surface area contributed by atoms with E-state index in [0.29, 0.717) is 29.3 Å². The Bertz CT molecular complexity index is 2200. The van der Waals surface area contributed by atoms with Crippen LogP contribution in [0.15, 0.2) is 65.3 Å². The number of aryl methyl sites for hydroxylation is 1. The minimum atomic E-state index is -1.03. The Kier molecular flexibility index (Phi) is 12.7. The van der Waals surface area contributed by atoms with Gasteiger partial charge in [0.05, 0.1) is 13.3 Å². The second-order valence-electron chi connectivity index (χ2n) is 14.2. The first-order valence-electron chi connectivity index (χ1n) is 18.2. The number of hydrogen-bond acceptors (Lipinski definition) is 15. The zero-order valence-electron chi connectivity index (χ0n) is 32.4. The predicted molar refractivity (Wildman–Crippen MR) is 211 cm³/mol. The summed E-state index contributed by atoms with van der Waals surface area (Å²) in [4.78, 5) is 69.5. The summed E-state index contributed by atoms with van der Waals surface area (Å²) in [6.45, 7) is 9.81. The number of carbonyl (C=O) groups is 4. The topological polar surface area (TPSA) is 218 Å². The van der Waals surface area contributed by atoms with Gasteiger partial charge in [-0.3, -0.25) is 19.8 Å². The van der Waals surface area contributed by atoms with Crippen molar-refractivity contribution in [2.45, 2.75) is 83.8 Å². The van der Waals surface area contributed by atoms with E-state index in [4.69, 9.17) is 24.8 Å². The van der Waals surface area contributed by atoms with Crippen LogP contribution in [0.1, 0.15) is 52.4 Å². The summed E-state index contributed by atoms with van der Waals surface area (Å²) >= 11 is 2.20. The summed E-state index contributed by atoms with van der Waals surface area (Å²) in [5.41, 5.74) is 8.03. The van der Waals surface area contributed by atoms with Crippen LogP contribution in [0.2, 0.25) is 0 Å². The van der Waals surface area contributed by atoms with Crippen LogP contribution in [-0.4, -0.2) is 95.9 Å². The van der Waals surface area contributed by atoms with Gasteiger partial charge in [-0.25, -0.2) is 14.2 Å². The smallest absolute Gasteiger partial charge is 0.414 e. The largest absolute Gasteiger partial charge is 0.497 e. The van der Waals surface area contributed by atoms with E-state index in [9.17, 15) is 19.2 Å². The highest BCUT2D eigenvalue weighted by Gasteiger charge is 2.55. The van der Waals surface area contributed by atoms with E-state index in [-0.39, 0.29) is 48.2 Å². The highest BCUT2D eigenvalue weighted by molar-refractivity contribution is 8.00. The third-order valence-corrected chi connectivity index (χ3v) is 10.6. The van der Waals surface area contributed by atoms with Gasteiger partial charge in [-0.1, -0.05) is 17.3 Å². The molecular formula is C37H45N10O8S2+. The van der Waals surface area contributed by atoms with E-state index in [2.05, 4.69) is 30.1 Å². The Hall–Kier alpha value is -5.60. The molecule has 0 spiro atoms. The first-order valence-corrected chi connectivity index (χ1v) is 20.0. The molecule has 57 heavy (non-hydrogen) atoms. The van der Waals surface area contributed by atoms with Gasteiger partial charge < -0.3 is 34.7 Å². The molecule has 6 rings (SSSR count). The minimum Gasteiger partial charge on any atom is -0.497 e. The molecule has 4 N–H and O–H groups in total. The van der Waals surface area contributed by atoms with Gasteiger partial charge in [0.2, 0.25) is 23.0 Å². The SMILES string of the molecule is CCO/N=C(\C(=O)NC1C(=O)N2C(C(=O)OCc3ccc(OC)cc3)=C(C[n+]3cccc4c3ncn4CC[C@@H](C)N)CSC12)c1nsc(NC(=O)OC(C)(C)C)n1. The van der Waals surface area contributed by atoms with Gasteiger partial charge in [0.1, 0.15) is 53.7 Å². The summed E-state index contributed by atoms with van der Waals surface area (Å²) < 4.78 is 24.5. The lowest BCUT2D eigenvalue weighted by molar-refractivity contribution is -0.664. The van der Waals surface area contributed by atoms with Crippen LogP contribution < -0.4 is 25.7 Å². The van der Waals surface area contributed by atoms with Crippen molar-refractivity contribution in [2.75, 3.05) is 24.8 Å². The zero-order valence-corrected chi connectivity index (χ0v) is 34.0. The molecule has 0 aliphatic carbocycles. The second kappa shape index (κ2) is 17.7. The number of β-lactam (4-membered cyclic amide) rings is 1. The number of hydrogen-bond donors (Lipinski definition) is 3. The summed E-state index contributed by atoms with van der Waals surface area (Å²) in [6, 6.07) is 9.97. The Morgan fingerprint density at radius 3 is 2.65 bits per heavy atom. The molecule has 2 unspecified atom stereocenters. The molecule has 3 atom stereocenters. The highest BCUT2D eigenvalue weighted by Crippen LogP contribution is 2.41. The Balaban J connectivity index is 1.24. The van der Waals surface area contributed by atoms with Gasteiger partial charge in [0.15, 0.2) is 0 Å². The van der Waals surface area contributed by atoms with Crippen LogP contribution in [0.4, 0.5) is 9.93 Å². The highest BCUT2D eigenvalue weighted by atomic mass is 32.2. The number of anilines is 1. The van der Waals surface area contributed by atoms with E-state index in [1.165, 1.54) is 16.7 Å². The maximum Gasteiger partial charge on any atom is 0.414 e. The third-order valence-electron chi connectivity index (χ3n) is 8.64. The van der Waals surface area contributed by atoms with E-state index in [0.717, 1.165) is 29.0 Å². The van der Waals surface area contributed by atoms with Crippen molar-refractivity contribution < 1.29 is 42.8 Å². The molecule has 1 aromatic carbocycles. The molecule has 0 bridgehead atoms. The van der Waals surface area contributed by atoms with Crippen LogP contribution in [0.5, 0.6) is 5.75 Å². The third kappa shape index (κ3) is 9.69. The normalized spacial score (nSPS) is 17.4. The summed E-state index contributed by atoms with van der Waals surface area (Å²) in [7, 11) is 1.56. The number of thioether (sulfide) groups is 1. The number of nitrogens with one attached hydrogen (secondary N) is 2. The predicted octanol–water partition coefficient (Wildman–Crippen LogP) is 3.11. The number of oxime groups is 1. The van der Waals surface area contributed by atoms with Crippen LogP contribution in [0.25, 0.3) is 11.2 Å². The average Bonchev–Trinajstić information content (AvgIpc) is 3.82. The number of imidazole rings is 1. The van der Waals surface area contributed by atoms with Crippen molar-refractivity contribution in [3.8, 4) is 5.75 Å². The number of pyridine rings is 1. The van der Waals surface area contributed by atoms with Crippen molar-refractivity contribution in [3.63, 3.8) is 0 Å². The van der Waals surface area contributed by atoms with Crippen molar-refractivity contribution in [1.29, 1.82) is 0 Å². The number of methoxy groups -OCH3 is 1. The van der Waals surface area contributed by atoms with Gasteiger partial charge in [-0.2, -0.15) is 9.36 Å². The molecule has 5 heterocycles. The number of ether oxygens (including phenoxy) is 3. The van der Waals surface area contributed by atoms with Crippen LogP contribution in [0, 0.1) is 0 Å². The van der Waals surface area contributed by atoms with Crippen molar-refractivity contribution in [2.24, 2.45) is 10.9 Å². The van der Waals surface area contributed by atoms with Crippen molar-refractivity contribution in [1.82, 2.24) is 29.1 Å². The number of esters is 1. The fourth-order valence-corrected chi connectivity index (χ4v) is 7.84. The molecule has 0 saturated carbocycles.